The minimum atomic E-state index is -0.931. The normalized spacial score (nSPS) is 14.0. The summed E-state index contributed by atoms with van der Waals surface area (Å²) < 4.78 is 5.30. The highest BCUT2D eigenvalue weighted by atomic mass is 35.5. The molecule has 0 saturated heterocycles. The summed E-state index contributed by atoms with van der Waals surface area (Å²) in [5.41, 5.74) is -0.931. The molecule has 1 atom stereocenters. The van der Waals surface area contributed by atoms with Gasteiger partial charge in [0.15, 0.2) is 6.61 Å². The number of amides is 1. The standard InChI is InChI=1S/C14H20ClNO3/c1-10(2)14(3,18)9-16-13(17)8-19-12-7-5-4-6-11(12)15/h4-7,10,18H,8-9H2,1-3H3,(H,16,17). The van der Waals surface area contributed by atoms with E-state index in [2.05, 4.69) is 5.32 Å². The number of aliphatic hydroxyl groups is 1. The Morgan fingerprint density at radius 2 is 2.11 bits per heavy atom. The summed E-state index contributed by atoms with van der Waals surface area (Å²) in [6.45, 7) is 5.54. The molecule has 0 spiro atoms. The topological polar surface area (TPSA) is 58.6 Å². The van der Waals surface area contributed by atoms with Crippen LogP contribution in [0.4, 0.5) is 0 Å². The van der Waals surface area contributed by atoms with Gasteiger partial charge >= 0.3 is 0 Å². The zero-order valence-electron chi connectivity index (χ0n) is 11.4. The van der Waals surface area contributed by atoms with Crippen molar-refractivity contribution in [1.29, 1.82) is 0 Å². The molecule has 5 heteroatoms. The molecule has 1 rings (SSSR count). The Morgan fingerprint density at radius 3 is 2.68 bits per heavy atom. The fourth-order valence-electron chi connectivity index (χ4n) is 1.24. The van der Waals surface area contributed by atoms with Crippen molar-refractivity contribution in [1.82, 2.24) is 5.32 Å². The van der Waals surface area contributed by atoms with Gasteiger partial charge in [0.2, 0.25) is 0 Å². The Kier molecular flexibility index (Phi) is 5.63. The highest BCUT2D eigenvalue weighted by molar-refractivity contribution is 6.32. The molecule has 0 aliphatic rings. The first-order valence-electron chi connectivity index (χ1n) is 6.19. The lowest BCUT2D eigenvalue weighted by Gasteiger charge is -2.27. The van der Waals surface area contributed by atoms with Gasteiger partial charge in [0, 0.05) is 6.54 Å². The first kappa shape index (κ1) is 15.8. The quantitative estimate of drug-likeness (QED) is 0.843. The summed E-state index contributed by atoms with van der Waals surface area (Å²) in [6, 6.07) is 6.95. The number of rotatable bonds is 6. The molecule has 4 nitrogen and oxygen atoms in total. The summed E-state index contributed by atoms with van der Waals surface area (Å²) in [4.78, 5) is 11.6. The molecule has 0 fully saturated rings. The number of ether oxygens (including phenoxy) is 1. The highest BCUT2D eigenvalue weighted by Crippen LogP contribution is 2.22. The van der Waals surface area contributed by atoms with Crippen LogP contribution in [0.5, 0.6) is 5.75 Å². The summed E-state index contributed by atoms with van der Waals surface area (Å²) in [5.74, 6) is 0.230. The zero-order valence-corrected chi connectivity index (χ0v) is 12.2. The van der Waals surface area contributed by atoms with Crippen LogP contribution in [0.2, 0.25) is 5.02 Å². The summed E-state index contributed by atoms with van der Waals surface area (Å²) >= 11 is 5.90. The molecule has 2 N–H and O–H groups in total. The predicted molar refractivity (Wildman–Crippen MR) is 75.4 cm³/mol. The largest absolute Gasteiger partial charge is 0.482 e. The number of para-hydroxylation sites is 1. The fourth-order valence-corrected chi connectivity index (χ4v) is 1.43. The lowest BCUT2D eigenvalue weighted by atomic mass is 9.93. The van der Waals surface area contributed by atoms with Crippen molar-refractivity contribution in [3.8, 4) is 5.75 Å². The summed E-state index contributed by atoms with van der Waals surface area (Å²) in [7, 11) is 0. The number of hydrogen-bond donors (Lipinski definition) is 2. The zero-order chi connectivity index (χ0) is 14.5. The van der Waals surface area contributed by atoms with Crippen LogP contribution in [-0.4, -0.2) is 29.8 Å². The van der Waals surface area contributed by atoms with E-state index in [9.17, 15) is 9.90 Å². The van der Waals surface area contributed by atoms with E-state index >= 15 is 0 Å². The van der Waals surface area contributed by atoms with Crippen LogP contribution in [0, 0.1) is 5.92 Å². The van der Waals surface area contributed by atoms with E-state index in [0.717, 1.165) is 0 Å². The Hall–Kier alpha value is -1.26. The van der Waals surface area contributed by atoms with Crippen LogP contribution < -0.4 is 10.1 Å². The number of carbonyl (C=O) groups excluding carboxylic acids is 1. The molecule has 0 heterocycles. The molecule has 0 aliphatic carbocycles. The van der Waals surface area contributed by atoms with Gasteiger partial charge in [-0.15, -0.1) is 0 Å². The van der Waals surface area contributed by atoms with Crippen molar-refractivity contribution in [2.75, 3.05) is 13.2 Å². The third-order valence-electron chi connectivity index (χ3n) is 3.08. The van der Waals surface area contributed by atoms with E-state index in [1.165, 1.54) is 0 Å². The van der Waals surface area contributed by atoms with E-state index in [4.69, 9.17) is 16.3 Å². The van der Waals surface area contributed by atoms with Crippen LogP contribution in [-0.2, 0) is 4.79 Å². The Labute approximate surface area is 118 Å². The van der Waals surface area contributed by atoms with Gasteiger partial charge in [0.25, 0.3) is 5.91 Å². The summed E-state index contributed by atoms with van der Waals surface area (Å²) in [6.07, 6.45) is 0. The van der Waals surface area contributed by atoms with Crippen molar-refractivity contribution >= 4 is 17.5 Å². The van der Waals surface area contributed by atoms with Gasteiger partial charge in [-0.1, -0.05) is 37.6 Å². The Balaban J connectivity index is 2.39. The first-order chi connectivity index (χ1) is 8.83. The number of nitrogens with one attached hydrogen (secondary N) is 1. The second-order valence-corrected chi connectivity index (χ2v) is 5.41. The van der Waals surface area contributed by atoms with Crippen molar-refractivity contribution in [3.63, 3.8) is 0 Å². The molecule has 1 unspecified atom stereocenters. The fraction of sp³-hybridized carbons (Fsp3) is 0.500. The molecule has 0 aliphatic heterocycles. The number of carbonyl (C=O) groups is 1. The maximum Gasteiger partial charge on any atom is 0.258 e. The molecular formula is C14H20ClNO3. The van der Waals surface area contributed by atoms with Crippen molar-refractivity contribution in [2.45, 2.75) is 26.4 Å². The molecule has 1 aromatic carbocycles. The lowest BCUT2D eigenvalue weighted by molar-refractivity contribution is -0.124. The van der Waals surface area contributed by atoms with Gasteiger partial charge in [-0.25, -0.2) is 0 Å². The number of hydrogen-bond acceptors (Lipinski definition) is 3. The van der Waals surface area contributed by atoms with Gasteiger partial charge < -0.3 is 15.2 Å². The average molecular weight is 286 g/mol. The predicted octanol–water partition coefficient (Wildman–Crippen LogP) is 2.24. The molecule has 1 aromatic rings. The second kappa shape index (κ2) is 6.78. The van der Waals surface area contributed by atoms with Gasteiger partial charge in [-0.2, -0.15) is 0 Å². The average Bonchev–Trinajstić information content (AvgIpc) is 2.35. The molecule has 0 saturated carbocycles. The number of benzene rings is 1. The van der Waals surface area contributed by atoms with Crippen molar-refractivity contribution in [2.24, 2.45) is 5.92 Å². The lowest BCUT2D eigenvalue weighted by Crippen LogP contribution is -2.45. The highest BCUT2D eigenvalue weighted by Gasteiger charge is 2.25. The smallest absolute Gasteiger partial charge is 0.258 e. The maximum absolute atomic E-state index is 11.6. The van der Waals surface area contributed by atoms with Gasteiger partial charge in [-0.05, 0) is 25.0 Å². The SMILES string of the molecule is CC(C)C(C)(O)CNC(=O)COc1ccccc1Cl. The van der Waals surface area contributed by atoms with Crippen LogP contribution in [0.1, 0.15) is 20.8 Å². The van der Waals surface area contributed by atoms with Crippen LogP contribution >= 0.6 is 11.6 Å². The van der Waals surface area contributed by atoms with E-state index < -0.39 is 5.60 Å². The Bertz CT molecular complexity index is 432. The Morgan fingerprint density at radius 1 is 1.47 bits per heavy atom. The maximum atomic E-state index is 11.6. The molecule has 1 amide bonds. The van der Waals surface area contributed by atoms with E-state index in [1.54, 1.807) is 31.2 Å². The van der Waals surface area contributed by atoms with E-state index in [-0.39, 0.29) is 25.0 Å². The van der Waals surface area contributed by atoms with E-state index in [0.29, 0.717) is 10.8 Å². The molecule has 0 aromatic heterocycles. The molecule has 19 heavy (non-hydrogen) atoms. The van der Waals surface area contributed by atoms with Gasteiger partial charge in [0.1, 0.15) is 5.75 Å². The molecule has 0 bridgehead atoms. The number of halogens is 1. The van der Waals surface area contributed by atoms with Crippen molar-refractivity contribution in [3.05, 3.63) is 29.3 Å². The van der Waals surface area contributed by atoms with Gasteiger partial charge in [-0.3, -0.25) is 4.79 Å². The minimum Gasteiger partial charge on any atom is -0.482 e. The van der Waals surface area contributed by atoms with Gasteiger partial charge in [0.05, 0.1) is 10.6 Å². The van der Waals surface area contributed by atoms with Crippen molar-refractivity contribution < 1.29 is 14.6 Å². The van der Waals surface area contributed by atoms with Crippen LogP contribution in [0.3, 0.4) is 0 Å². The summed E-state index contributed by atoms with van der Waals surface area (Å²) in [5, 5.41) is 13.1. The third kappa shape index (κ3) is 5.09. The molecule has 0 radical (unpaired) electrons. The first-order valence-corrected chi connectivity index (χ1v) is 6.57. The monoisotopic (exact) mass is 285 g/mol. The van der Waals surface area contributed by atoms with E-state index in [1.807, 2.05) is 13.8 Å². The van der Waals surface area contributed by atoms with Crippen LogP contribution in [0.15, 0.2) is 24.3 Å². The third-order valence-corrected chi connectivity index (χ3v) is 3.39. The second-order valence-electron chi connectivity index (χ2n) is 5.01. The molecule has 106 valence electrons. The minimum absolute atomic E-state index is 0.0530. The van der Waals surface area contributed by atoms with Crippen LogP contribution in [0.25, 0.3) is 0 Å². The molecular weight excluding hydrogens is 266 g/mol.